The van der Waals surface area contributed by atoms with Gasteiger partial charge >= 0.3 is 0 Å². The van der Waals surface area contributed by atoms with E-state index in [9.17, 15) is 4.39 Å². The highest BCUT2D eigenvalue weighted by molar-refractivity contribution is 9.10. The fraction of sp³-hybridized carbons (Fsp3) is 0.500. The molecule has 0 spiro atoms. The molecule has 1 saturated carbocycles. The van der Waals surface area contributed by atoms with Gasteiger partial charge in [-0.15, -0.1) is 0 Å². The van der Waals surface area contributed by atoms with Gasteiger partial charge in [0.15, 0.2) is 0 Å². The molecule has 1 aromatic rings. The van der Waals surface area contributed by atoms with E-state index in [4.69, 9.17) is 5.73 Å². The third kappa shape index (κ3) is 1.68. The van der Waals surface area contributed by atoms with Crippen LogP contribution in [0, 0.1) is 18.8 Å². The molecule has 1 unspecified atom stereocenters. The molecule has 14 heavy (non-hydrogen) atoms. The Hall–Kier alpha value is -0.480. The Kier molecular flexibility index (Phi) is 2.58. The van der Waals surface area contributed by atoms with Crippen molar-refractivity contribution in [2.75, 3.05) is 0 Å². The average molecular weight is 259 g/mol. The molecule has 1 aromatic heterocycles. The molecule has 0 saturated heterocycles. The van der Waals surface area contributed by atoms with Crippen LogP contribution in [0.1, 0.15) is 30.0 Å². The molecule has 2 N–H and O–H groups in total. The molecule has 0 amide bonds. The summed E-state index contributed by atoms with van der Waals surface area (Å²) in [5.74, 6) is 0.0180. The van der Waals surface area contributed by atoms with Crippen molar-refractivity contribution in [3.8, 4) is 0 Å². The van der Waals surface area contributed by atoms with Crippen LogP contribution < -0.4 is 5.73 Å². The molecule has 4 heteroatoms. The fourth-order valence-corrected chi connectivity index (χ4v) is 1.96. The quantitative estimate of drug-likeness (QED) is 0.829. The summed E-state index contributed by atoms with van der Waals surface area (Å²) in [4.78, 5) is 3.68. The summed E-state index contributed by atoms with van der Waals surface area (Å²) < 4.78 is 14.3. The number of hydrogen-bond donors (Lipinski definition) is 1. The Morgan fingerprint density at radius 1 is 1.64 bits per heavy atom. The van der Waals surface area contributed by atoms with Crippen LogP contribution in [0.5, 0.6) is 0 Å². The average Bonchev–Trinajstić information content (AvgIpc) is 2.95. The minimum atomic E-state index is -0.426. The molecule has 2 rings (SSSR count). The molecule has 0 bridgehead atoms. The second-order valence-electron chi connectivity index (χ2n) is 3.80. The molecule has 0 radical (unpaired) electrons. The summed E-state index contributed by atoms with van der Waals surface area (Å²) in [7, 11) is 0. The lowest BCUT2D eigenvalue weighted by Crippen LogP contribution is -2.16. The highest BCUT2D eigenvalue weighted by Gasteiger charge is 2.32. The zero-order valence-electron chi connectivity index (χ0n) is 7.93. The van der Waals surface area contributed by atoms with Gasteiger partial charge < -0.3 is 5.73 Å². The van der Waals surface area contributed by atoms with E-state index < -0.39 is 5.95 Å². The molecular weight excluding hydrogens is 247 g/mol. The first kappa shape index (κ1) is 10.1. The molecule has 2 nitrogen and oxygen atoms in total. The standard InChI is InChI=1S/C10H12BrFN2/c1-5-7(11)4-14-10(12)8(5)9(13)6-2-3-6/h4,6,9H,2-3,13H2,1H3. The Morgan fingerprint density at radius 3 is 2.86 bits per heavy atom. The number of halogens is 2. The largest absolute Gasteiger partial charge is 0.324 e. The maximum atomic E-state index is 13.5. The van der Waals surface area contributed by atoms with Gasteiger partial charge in [-0.25, -0.2) is 4.98 Å². The van der Waals surface area contributed by atoms with Crippen molar-refractivity contribution < 1.29 is 4.39 Å². The first-order chi connectivity index (χ1) is 6.61. The molecule has 1 aliphatic carbocycles. The lowest BCUT2D eigenvalue weighted by atomic mass is 10.0. The van der Waals surface area contributed by atoms with E-state index in [-0.39, 0.29) is 6.04 Å². The van der Waals surface area contributed by atoms with Gasteiger partial charge in [-0.1, -0.05) is 0 Å². The third-order valence-corrected chi connectivity index (χ3v) is 3.54. The summed E-state index contributed by atoms with van der Waals surface area (Å²) in [6.07, 6.45) is 3.69. The monoisotopic (exact) mass is 258 g/mol. The smallest absolute Gasteiger partial charge is 0.217 e. The fourth-order valence-electron chi connectivity index (χ4n) is 1.64. The van der Waals surface area contributed by atoms with E-state index in [1.165, 1.54) is 6.20 Å². The summed E-state index contributed by atoms with van der Waals surface area (Å²) in [6, 6.07) is -0.194. The van der Waals surface area contributed by atoms with Crippen LogP contribution in [-0.2, 0) is 0 Å². The van der Waals surface area contributed by atoms with Gasteiger partial charge in [-0.05, 0) is 47.2 Å². The number of pyridine rings is 1. The van der Waals surface area contributed by atoms with Crippen molar-refractivity contribution in [1.82, 2.24) is 4.98 Å². The molecular formula is C10H12BrFN2. The minimum absolute atomic E-state index is 0.194. The van der Waals surface area contributed by atoms with E-state index in [0.29, 0.717) is 11.5 Å². The predicted molar refractivity (Wildman–Crippen MR) is 56.3 cm³/mol. The topological polar surface area (TPSA) is 38.9 Å². The maximum absolute atomic E-state index is 13.5. The van der Waals surface area contributed by atoms with E-state index in [1.807, 2.05) is 6.92 Å². The van der Waals surface area contributed by atoms with Crippen molar-refractivity contribution in [3.63, 3.8) is 0 Å². The van der Waals surface area contributed by atoms with Gasteiger partial charge in [0.1, 0.15) is 0 Å². The normalized spacial score (nSPS) is 18.3. The molecule has 1 aliphatic rings. The first-order valence-electron chi connectivity index (χ1n) is 4.67. The summed E-state index contributed by atoms with van der Waals surface area (Å²) in [6.45, 7) is 1.87. The first-order valence-corrected chi connectivity index (χ1v) is 5.46. The molecule has 0 aliphatic heterocycles. The lowest BCUT2D eigenvalue weighted by molar-refractivity contribution is 0.520. The molecule has 76 valence electrons. The minimum Gasteiger partial charge on any atom is -0.324 e. The second kappa shape index (κ2) is 3.59. The van der Waals surface area contributed by atoms with Gasteiger partial charge in [0.2, 0.25) is 5.95 Å². The summed E-state index contributed by atoms with van der Waals surface area (Å²) >= 11 is 3.33. The molecule has 1 heterocycles. The molecule has 1 fully saturated rings. The van der Waals surface area contributed by atoms with Crippen LogP contribution in [0.25, 0.3) is 0 Å². The van der Waals surface area contributed by atoms with E-state index in [1.54, 1.807) is 0 Å². The van der Waals surface area contributed by atoms with Gasteiger partial charge in [0.05, 0.1) is 0 Å². The van der Waals surface area contributed by atoms with Crippen molar-refractivity contribution >= 4 is 15.9 Å². The Bertz CT molecular complexity index is 363. The van der Waals surface area contributed by atoms with Gasteiger partial charge in [-0.2, -0.15) is 4.39 Å². The van der Waals surface area contributed by atoms with Crippen LogP contribution >= 0.6 is 15.9 Å². The predicted octanol–water partition coefficient (Wildman–Crippen LogP) is 2.70. The lowest BCUT2D eigenvalue weighted by Gasteiger charge is -2.14. The summed E-state index contributed by atoms with van der Waals surface area (Å²) in [5, 5.41) is 0. The zero-order chi connectivity index (χ0) is 10.3. The Morgan fingerprint density at radius 2 is 2.29 bits per heavy atom. The van der Waals surface area contributed by atoms with Crippen molar-refractivity contribution in [2.24, 2.45) is 11.7 Å². The zero-order valence-corrected chi connectivity index (χ0v) is 9.51. The Labute approximate surface area is 90.8 Å². The van der Waals surface area contributed by atoms with Crippen LogP contribution in [-0.4, -0.2) is 4.98 Å². The highest BCUT2D eigenvalue weighted by atomic mass is 79.9. The van der Waals surface area contributed by atoms with Crippen LogP contribution in [0.15, 0.2) is 10.7 Å². The number of hydrogen-bond acceptors (Lipinski definition) is 2. The highest BCUT2D eigenvalue weighted by Crippen LogP contribution is 2.41. The number of aromatic nitrogens is 1. The number of nitrogens with zero attached hydrogens (tertiary/aromatic N) is 1. The van der Waals surface area contributed by atoms with Crippen LogP contribution in [0.2, 0.25) is 0 Å². The number of rotatable bonds is 2. The van der Waals surface area contributed by atoms with Gasteiger partial charge in [0.25, 0.3) is 0 Å². The number of nitrogens with two attached hydrogens (primary N) is 1. The van der Waals surface area contributed by atoms with Crippen LogP contribution in [0.3, 0.4) is 0 Å². The third-order valence-electron chi connectivity index (χ3n) is 2.74. The Balaban J connectivity index is 2.43. The van der Waals surface area contributed by atoms with E-state index in [0.717, 1.165) is 22.9 Å². The SMILES string of the molecule is Cc1c(Br)cnc(F)c1C(N)C1CC1. The second-order valence-corrected chi connectivity index (χ2v) is 4.65. The van der Waals surface area contributed by atoms with Crippen molar-refractivity contribution in [3.05, 3.63) is 27.7 Å². The summed E-state index contributed by atoms with van der Waals surface area (Å²) in [5.41, 5.74) is 7.41. The van der Waals surface area contributed by atoms with Crippen LogP contribution in [0.4, 0.5) is 4.39 Å². The van der Waals surface area contributed by atoms with E-state index >= 15 is 0 Å². The van der Waals surface area contributed by atoms with Gasteiger partial charge in [0, 0.05) is 22.3 Å². The molecule has 1 atom stereocenters. The maximum Gasteiger partial charge on any atom is 0.217 e. The van der Waals surface area contributed by atoms with Crippen molar-refractivity contribution in [1.29, 1.82) is 0 Å². The molecule has 0 aromatic carbocycles. The van der Waals surface area contributed by atoms with Gasteiger partial charge in [-0.3, -0.25) is 0 Å². The van der Waals surface area contributed by atoms with E-state index in [2.05, 4.69) is 20.9 Å². The van der Waals surface area contributed by atoms with Crippen molar-refractivity contribution in [2.45, 2.75) is 25.8 Å².